The molecular formula is C16H25N3O2. The van der Waals surface area contributed by atoms with Crippen LogP contribution in [0.5, 0.6) is 0 Å². The average molecular weight is 291 g/mol. The Kier molecular flexibility index (Phi) is 5.28. The SMILES string of the molecule is Cc1cc(CCC(=O)O)nc([C@H]2CCCN(C(C)C)C2)n1. The first kappa shape index (κ1) is 15.9. The molecule has 1 fully saturated rings. The zero-order valence-corrected chi connectivity index (χ0v) is 13.2. The third-order valence-corrected chi connectivity index (χ3v) is 4.07. The Labute approximate surface area is 126 Å². The topological polar surface area (TPSA) is 66.3 Å². The molecule has 0 aromatic carbocycles. The summed E-state index contributed by atoms with van der Waals surface area (Å²) in [5.41, 5.74) is 1.78. The second-order valence-electron chi connectivity index (χ2n) is 6.18. The molecule has 2 rings (SSSR count). The predicted molar refractivity (Wildman–Crippen MR) is 81.4 cm³/mol. The molecular weight excluding hydrogens is 266 g/mol. The molecule has 5 nitrogen and oxygen atoms in total. The van der Waals surface area contributed by atoms with Gasteiger partial charge in [-0.3, -0.25) is 4.79 Å². The van der Waals surface area contributed by atoms with E-state index in [0.717, 1.165) is 36.7 Å². The number of aliphatic carboxylic acids is 1. The van der Waals surface area contributed by atoms with Gasteiger partial charge in [0.05, 0.1) is 6.42 Å². The predicted octanol–water partition coefficient (Wildman–Crippen LogP) is 2.39. The molecule has 0 aliphatic carbocycles. The van der Waals surface area contributed by atoms with Crippen LogP contribution in [0.15, 0.2) is 6.07 Å². The standard InChI is InChI=1S/C16H25N3O2/c1-11(2)19-8-4-5-13(10-19)16-17-12(3)9-14(18-16)6-7-15(20)21/h9,11,13H,4-8,10H2,1-3H3,(H,20,21)/t13-/m0/s1. The van der Waals surface area contributed by atoms with Crippen LogP contribution in [0, 0.1) is 6.92 Å². The lowest BCUT2D eigenvalue weighted by Crippen LogP contribution is -2.39. The number of carboxylic acids is 1. The summed E-state index contributed by atoms with van der Waals surface area (Å²) in [6.45, 7) is 8.54. The summed E-state index contributed by atoms with van der Waals surface area (Å²) >= 11 is 0. The van der Waals surface area contributed by atoms with Crippen LogP contribution in [0.3, 0.4) is 0 Å². The largest absolute Gasteiger partial charge is 0.481 e. The zero-order valence-electron chi connectivity index (χ0n) is 13.2. The number of hydrogen-bond donors (Lipinski definition) is 1. The van der Waals surface area contributed by atoms with Gasteiger partial charge >= 0.3 is 5.97 Å². The van der Waals surface area contributed by atoms with Gasteiger partial charge in [0.25, 0.3) is 0 Å². The van der Waals surface area contributed by atoms with E-state index in [1.165, 1.54) is 6.42 Å². The number of carboxylic acid groups (broad SMARTS) is 1. The Morgan fingerprint density at radius 2 is 2.24 bits per heavy atom. The van der Waals surface area contributed by atoms with E-state index in [9.17, 15) is 4.79 Å². The Morgan fingerprint density at radius 3 is 2.90 bits per heavy atom. The van der Waals surface area contributed by atoms with Crippen molar-refractivity contribution in [2.45, 2.75) is 58.4 Å². The maximum Gasteiger partial charge on any atom is 0.303 e. The molecule has 0 saturated carbocycles. The van der Waals surface area contributed by atoms with Gasteiger partial charge in [-0.1, -0.05) is 0 Å². The highest BCUT2D eigenvalue weighted by Gasteiger charge is 2.25. The van der Waals surface area contributed by atoms with Gasteiger partial charge in [-0.15, -0.1) is 0 Å². The fourth-order valence-electron chi connectivity index (χ4n) is 2.89. The second kappa shape index (κ2) is 6.98. The molecule has 1 aromatic rings. The van der Waals surface area contributed by atoms with Crippen LogP contribution in [0.2, 0.25) is 0 Å². The van der Waals surface area contributed by atoms with Gasteiger partial charge in [-0.2, -0.15) is 0 Å². The molecule has 0 radical (unpaired) electrons. The van der Waals surface area contributed by atoms with E-state index in [-0.39, 0.29) is 6.42 Å². The highest BCUT2D eigenvalue weighted by molar-refractivity contribution is 5.66. The molecule has 0 bridgehead atoms. The molecule has 5 heteroatoms. The molecule has 1 aromatic heterocycles. The van der Waals surface area contributed by atoms with Crippen molar-refractivity contribution in [3.8, 4) is 0 Å². The van der Waals surface area contributed by atoms with Gasteiger partial charge < -0.3 is 10.0 Å². The number of piperidine rings is 1. The number of rotatable bonds is 5. The van der Waals surface area contributed by atoms with Crippen LogP contribution < -0.4 is 0 Å². The first-order chi connectivity index (χ1) is 9.95. The number of hydrogen-bond acceptors (Lipinski definition) is 4. The van der Waals surface area contributed by atoms with Crippen molar-refractivity contribution in [1.29, 1.82) is 0 Å². The van der Waals surface area contributed by atoms with Crippen molar-refractivity contribution < 1.29 is 9.90 Å². The number of nitrogens with zero attached hydrogens (tertiary/aromatic N) is 3. The van der Waals surface area contributed by atoms with Gasteiger partial charge in [0, 0.05) is 36.3 Å². The fourth-order valence-corrected chi connectivity index (χ4v) is 2.89. The Hall–Kier alpha value is -1.49. The summed E-state index contributed by atoms with van der Waals surface area (Å²) in [5, 5.41) is 8.81. The lowest BCUT2D eigenvalue weighted by molar-refractivity contribution is -0.136. The van der Waals surface area contributed by atoms with Gasteiger partial charge in [0.2, 0.25) is 0 Å². The quantitative estimate of drug-likeness (QED) is 0.902. The highest BCUT2D eigenvalue weighted by Crippen LogP contribution is 2.26. The minimum absolute atomic E-state index is 0.124. The average Bonchev–Trinajstić information content (AvgIpc) is 2.44. The number of carbonyl (C=O) groups is 1. The summed E-state index contributed by atoms with van der Waals surface area (Å²) < 4.78 is 0. The van der Waals surface area contributed by atoms with Crippen molar-refractivity contribution >= 4 is 5.97 Å². The highest BCUT2D eigenvalue weighted by atomic mass is 16.4. The smallest absolute Gasteiger partial charge is 0.303 e. The summed E-state index contributed by atoms with van der Waals surface area (Å²) in [4.78, 5) is 22.4. The van der Waals surface area contributed by atoms with Gasteiger partial charge in [0.15, 0.2) is 0 Å². The summed E-state index contributed by atoms with van der Waals surface area (Å²) in [5.74, 6) is 0.474. The molecule has 21 heavy (non-hydrogen) atoms. The van der Waals surface area contributed by atoms with E-state index in [1.54, 1.807) is 0 Å². The van der Waals surface area contributed by atoms with Crippen LogP contribution in [-0.4, -0.2) is 45.1 Å². The second-order valence-corrected chi connectivity index (χ2v) is 6.18. The van der Waals surface area contributed by atoms with Gasteiger partial charge in [0.1, 0.15) is 5.82 Å². The van der Waals surface area contributed by atoms with E-state index in [0.29, 0.717) is 18.4 Å². The summed E-state index contributed by atoms with van der Waals surface area (Å²) in [6.07, 6.45) is 2.89. The Balaban J connectivity index is 2.13. The maximum atomic E-state index is 10.7. The molecule has 1 aliphatic heterocycles. The van der Waals surface area contributed by atoms with Crippen molar-refractivity contribution in [3.05, 3.63) is 23.3 Å². The minimum atomic E-state index is -0.781. The Morgan fingerprint density at radius 1 is 1.48 bits per heavy atom. The molecule has 0 amide bonds. The third-order valence-electron chi connectivity index (χ3n) is 4.07. The van der Waals surface area contributed by atoms with E-state index in [4.69, 9.17) is 5.11 Å². The first-order valence-electron chi connectivity index (χ1n) is 7.76. The zero-order chi connectivity index (χ0) is 15.4. The summed E-state index contributed by atoms with van der Waals surface area (Å²) in [7, 11) is 0. The molecule has 0 spiro atoms. The van der Waals surface area contributed by atoms with Crippen molar-refractivity contribution in [1.82, 2.24) is 14.9 Å². The number of aryl methyl sites for hydroxylation is 2. The van der Waals surface area contributed by atoms with E-state index in [2.05, 4.69) is 28.7 Å². The Bertz CT molecular complexity index is 502. The van der Waals surface area contributed by atoms with Crippen LogP contribution >= 0.6 is 0 Å². The van der Waals surface area contributed by atoms with Crippen LogP contribution in [0.1, 0.15) is 56.2 Å². The summed E-state index contributed by atoms with van der Waals surface area (Å²) in [6, 6.07) is 2.44. The molecule has 0 unspecified atom stereocenters. The fraction of sp³-hybridized carbons (Fsp3) is 0.688. The molecule has 1 atom stereocenters. The molecule has 1 N–H and O–H groups in total. The van der Waals surface area contributed by atoms with E-state index >= 15 is 0 Å². The molecule has 1 aliphatic rings. The molecule has 1 saturated heterocycles. The van der Waals surface area contributed by atoms with Gasteiger partial charge in [-0.05, 0) is 46.2 Å². The van der Waals surface area contributed by atoms with Crippen LogP contribution in [0.4, 0.5) is 0 Å². The number of aromatic nitrogens is 2. The minimum Gasteiger partial charge on any atom is -0.481 e. The number of likely N-dealkylation sites (tertiary alicyclic amines) is 1. The van der Waals surface area contributed by atoms with E-state index < -0.39 is 5.97 Å². The van der Waals surface area contributed by atoms with Crippen LogP contribution in [0.25, 0.3) is 0 Å². The maximum absolute atomic E-state index is 10.7. The van der Waals surface area contributed by atoms with Gasteiger partial charge in [-0.25, -0.2) is 9.97 Å². The third kappa shape index (κ3) is 4.49. The lowest BCUT2D eigenvalue weighted by atomic mass is 9.96. The lowest BCUT2D eigenvalue weighted by Gasteiger charge is -2.34. The van der Waals surface area contributed by atoms with Crippen LogP contribution in [-0.2, 0) is 11.2 Å². The van der Waals surface area contributed by atoms with Crippen molar-refractivity contribution in [2.24, 2.45) is 0 Å². The van der Waals surface area contributed by atoms with Crippen molar-refractivity contribution in [3.63, 3.8) is 0 Å². The molecule has 2 heterocycles. The van der Waals surface area contributed by atoms with E-state index in [1.807, 2.05) is 13.0 Å². The first-order valence-corrected chi connectivity index (χ1v) is 7.76. The normalized spacial score (nSPS) is 19.9. The monoisotopic (exact) mass is 291 g/mol. The molecule has 116 valence electrons. The van der Waals surface area contributed by atoms with Crippen molar-refractivity contribution in [2.75, 3.05) is 13.1 Å².